The third-order valence-corrected chi connectivity index (χ3v) is 3.68. The predicted octanol–water partition coefficient (Wildman–Crippen LogP) is 1.72. The molecule has 0 aromatic carbocycles. The third kappa shape index (κ3) is 4.40. The zero-order chi connectivity index (χ0) is 12.2. The molecule has 1 aliphatic heterocycles. The number of nitrogens with zero attached hydrogens (tertiary/aromatic N) is 1. The number of ether oxygens (including phenoxy) is 1. The molecule has 1 aliphatic rings. The molecule has 3 nitrogen and oxygen atoms in total. The number of hydrogen-bond acceptors (Lipinski definition) is 3. The van der Waals surface area contributed by atoms with Gasteiger partial charge in [-0.05, 0) is 30.7 Å². The van der Waals surface area contributed by atoms with E-state index < -0.39 is 0 Å². The Hall–Kier alpha value is -0.120. The van der Waals surface area contributed by atoms with Crippen molar-refractivity contribution < 1.29 is 4.74 Å². The lowest BCUT2D eigenvalue weighted by atomic mass is 9.80. The monoisotopic (exact) mass is 228 g/mol. The summed E-state index contributed by atoms with van der Waals surface area (Å²) in [5.41, 5.74) is 6.51. The van der Waals surface area contributed by atoms with Crippen LogP contribution in [-0.2, 0) is 4.74 Å². The molecule has 1 rings (SSSR count). The quantitative estimate of drug-likeness (QED) is 0.778. The molecule has 3 heteroatoms. The maximum absolute atomic E-state index is 6.07. The Kier molecular flexibility index (Phi) is 5.22. The molecule has 0 bridgehead atoms. The van der Waals surface area contributed by atoms with Crippen LogP contribution >= 0.6 is 0 Å². The second kappa shape index (κ2) is 5.99. The molecule has 0 aliphatic carbocycles. The molecule has 2 unspecified atom stereocenters. The first-order valence-corrected chi connectivity index (χ1v) is 6.40. The van der Waals surface area contributed by atoms with Crippen molar-refractivity contribution in [2.45, 2.75) is 39.7 Å². The average molecular weight is 228 g/mol. The Morgan fingerprint density at radius 3 is 2.62 bits per heavy atom. The van der Waals surface area contributed by atoms with E-state index in [-0.39, 0.29) is 6.04 Å². The number of hydrogen-bond donors (Lipinski definition) is 1. The molecule has 2 N–H and O–H groups in total. The Bertz CT molecular complexity index is 201. The van der Waals surface area contributed by atoms with E-state index in [9.17, 15) is 0 Å². The van der Waals surface area contributed by atoms with Crippen LogP contribution in [0.5, 0.6) is 0 Å². The summed E-state index contributed by atoms with van der Waals surface area (Å²) in [6.07, 6.45) is 2.29. The van der Waals surface area contributed by atoms with Crippen molar-refractivity contribution in [3.05, 3.63) is 0 Å². The summed E-state index contributed by atoms with van der Waals surface area (Å²) in [7, 11) is 1.73. The van der Waals surface area contributed by atoms with Crippen molar-refractivity contribution >= 4 is 0 Å². The van der Waals surface area contributed by atoms with Gasteiger partial charge >= 0.3 is 0 Å². The van der Waals surface area contributed by atoms with Crippen molar-refractivity contribution in [1.29, 1.82) is 0 Å². The lowest BCUT2D eigenvalue weighted by Gasteiger charge is -2.27. The highest BCUT2D eigenvalue weighted by Crippen LogP contribution is 2.33. The van der Waals surface area contributed by atoms with Gasteiger partial charge in [-0.1, -0.05) is 20.8 Å². The molecule has 16 heavy (non-hydrogen) atoms. The largest absolute Gasteiger partial charge is 0.385 e. The van der Waals surface area contributed by atoms with Crippen LogP contribution in [0.1, 0.15) is 33.6 Å². The van der Waals surface area contributed by atoms with E-state index in [0.717, 1.165) is 25.5 Å². The van der Waals surface area contributed by atoms with Gasteiger partial charge in [-0.15, -0.1) is 0 Å². The number of likely N-dealkylation sites (tertiary alicyclic amines) is 1. The zero-order valence-electron chi connectivity index (χ0n) is 11.3. The number of nitrogens with two attached hydrogens (primary N) is 1. The Labute approximate surface area is 100 Å². The van der Waals surface area contributed by atoms with Gasteiger partial charge in [0.2, 0.25) is 0 Å². The van der Waals surface area contributed by atoms with E-state index in [0.29, 0.717) is 5.41 Å². The summed E-state index contributed by atoms with van der Waals surface area (Å²) < 4.78 is 5.05. The zero-order valence-corrected chi connectivity index (χ0v) is 11.3. The average Bonchev–Trinajstić information content (AvgIpc) is 2.62. The van der Waals surface area contributed by atoms with Gasteiger partial charge in [0.15, 0.2) is 0 Å². The highest BCUT2D eigenvalue weighted by molar-refractivity contribution is 4.85. The van der Waals surface area contributed by atoms with Crippen molar-refractivity contribution in [3.63, 3.8) is 0 Å². The van der Waals surface area contributed by atoms with Crippen LogP contribution in [0.2, 0.25) is 0 Å². The first kappa shape index (κ1) is 13.9. The second-order valence-electron chi connectivity index (χ2n) is 6.15. The van der Waals surface area contributed by atoms with Crippen molar-refractivity contribution in [2.75, 3.05) is 33.4 Å². The highest BCUT2D eigenvalue weighted by Gasteiger charge is 2.31. The minimum absolute atomic E-state index is 0.263. The lowest BCUT2D eigenvalue weighted by molar-refractivity contribution is 0.175. The van der Waals surface area contributed by atoms with Gasteiger partial charge in [-0.25, -0.2) is 0 Å². The summed E-state index contributed by atoms with van der Waals surface area (Å²) in [6.45, 7) is 11.2. The Balaban J connectivity index is 2.26. The summed E-state index contributed by atoms with van der Waals surface area (Å²) in [6, 6.07) is 0.263. The van der Waals surface area contributed by atoms with E-state index in [1.807, 2.05) is 0 Å². The molecule has 0 spiro atoms. The molecule has 1 fully saturated rings. The van der Waals surface area contributed by atoms with Crippen LogP contribution in [0.15, 0.2) is 0 Å². The van der Waals surface area contributed by atoms with Crippen LogP contribution in [0, 0.1) is 11.3 Å². The standard InChI is InChI=1S/C13H28N2O/c1-13(2,3)11-5-7-15(9-11)10-12(14)6-8-16-4/h11-12H,5-10,14H2,1-4H3. The Morgan fingerprint density at radius 1 is 1.44 bits per heavy atom. The van der Waals surface area contributed by atoms with Crippen molar-refractivity contribution in [1.82, 2.24) is 4.90 Å². The molecule has 1 heterocycles. The van der Waals surface area contributed by atoms with Crippen LogP contribution in [-0.4, -0.2) is 44.3 Å². The van der Waals surface area contributed by atoms with Gasteiger partial charge in [0, 0.05) is 32.8 Å². The first-order valence-electron chi connectivity index (χ1n) is 6.40. The van der Waals surface area contributed by atoms with E-state index in [1.54, 1.807) is 7.11 Å². The van der Waals surface area contributed by atoms with Crippen LogP contribution in [0.3, 0.4) is 0 Å². The molecule has 2 atom stereocenters. The molecule has 0 aromatic rings. The minimum Gasteiger partial charge on any atom is -0.385 e. The van der Waals surface area contributed by atoms with Gasteiger partial charge in [-0.2, -0.15) is 0 Å². The summed E-state index contributed by atoms with van der Waals surface area (Å²) >= 11 is 0. The van der Waals surface area contributed by atoms with Crippen molar-refractivity contribution in [3.8, 4) is 0 Å². The maximum atomic E-state index is 6.07. The van der Waals surface area contributed by atoms with Gasteiger partial charge < -0.3 is 15.4 Å². The molecule has 0 saturated carbocycles. The fourth-order valence-electron chi connectivity index (χ4n) is 2.40. The van der Waals surface area contributed by atoms with E-state index >= 15 is 0 Å². The smallest absolute Gasteiger partial charge is 0.0477 e. The molecular formula is C13H28N2O. The topological polar surface area (TPSA) is 38.5 Å². The molecule has 96 valence electrons. The third-order valence-electron chi connectivity index (χ3n) is 3.68. The highest BCUT2D eigenvalue weighted by atomic mass is 16.5. The Morgan fingerprint density at radius 2 is 2.12 bits per heavy atom. The summed E-state index contributed by atoms with van der Waals surface area (Å²) in [5, 5.41) is 0. The molecule has 0 amide bonds. The normalized spacial score (nSPS) is 24.9. The van der Waals surface area contributed by atoms with E-state index in [4.69, 9.17) is 10.5 Å². The van der Waals surface area contributed by atoms with Crippen LogP contribution in [0.4, 0.5) is 0 Å². The summed E-state index contributed by atoms with van der Waals surface area (Å²) in [4.78, 5) is 2.51. The van der Waals surface area contributed by atoms with Crippen molar-refractivity contribution in [2.24, 2.45) is 17.1 Å². The lowest BCUT2D eigenvalue weighted by Crippen LogP contribution is -2.37. The summed E-state index contributed by atoms with van der Waals surface area (Å²) in [5.74, 6) is 0.821. The van der Waals surface area contributed by atoms with Crippen LogP contribution < -0.4 is 5.73 Å². The fourth-order valence-corrected chi connectivity index (χ4v) is 2.40. The molecule has 0 aromatic heterocycles. The maximum Gasteiger partial charge on any atom is 0.0477 e. The van der Waals surface area contributed by atoms with Gasteiger partial charge in [0.25, 0.3) is 0 Å². The van der Waals surface area contributed by atoms with Gasteiger partial charge in [0.1, 0.15) is 0 Å². The molecule has 0 radical (unpaired) electrons. The van der Waals surface area contributed by atoms with E-state index in [2.05, 4.69) is 25.7 Å². The molecular weight excluding hydrogens is 200 g/mol. The minimum atomic E-state index is 0.263. The van der Waals surface area contributed by atoms with E-state index in [1.165, 1.54) is 19.5 Å². The second-order valence-corrected chi connectivity index (χ2v) is 6.15. The van der Waals surface area contributed by atoms with Gasteiger partial charge in [-0.3, -0.25) is 0 Å². The van der Waals surface area contributed by atoms with Crippen LogP contribution in [0.25, 0.3) is 0 Å². The predicted molar refractivity (Wildman–Crippen MR) is 68.5 cm³/mol. The first-order chi connectivity index (χ1) is 7.43. The number of methoxy groups -OCH3 is 1. The number of rotatable bonds is 5. The van der Waals surface area contributed by atoms with Gasteiger partial charge in [0.05, 0.1) is 0 Å². The molecule has 1 saturated heterocycles. The fraction of sp³-hybridized carbons (Fsp3) is 1.00. The SMILES string of the molecule is COCCC(N)CN1CCC(C(C)(C)C)C1.